The molecule has 8 heteroatoms. The maximum absolute atomic E-state index is 11.8. The van der Waals surface area contributed by atoms with Crippen LogP contribution in [0.5, 0.6) is 0 Å². The molecule has 2 atom stereocenters. The summed E-state index contributed by atoms with van der Waals surface area (Å²) in [6.45, 7) is 8.88. The second-order valence-electron chi connectivity index (χ2n) is 10.1. The Bertz CT molecular complexity index is 1090. The predicted octanol–water partition coefficient (Wildman–Crippen LogP) is 2.81. The molecule has 8 nitrogen and oxygen atoms in total. The van der Waals surface area contributed by atoms with Crippen molar-refractivity contribution in [2.75, 3.05) is 39.3 Å². The average molecular weight is 495 g/mol. The average Bonchev–Trinajstić information content (AvgIpc) is 3.41. The number of nitrogens with zero attached hydrogens (tertiary/aromatic N) is 2. The Balaban J connectivity index is 1.21. The Labute approximate surface area is 211 Å². The molecule has 0 aliphatic carbocycles. The Hall–Kier alpha value is -2.78. The topological polar surface area (TPSA) is 99.5 Å². The van der Waals surface area contributed by atoms with Crippen LogP contribution >= 0.6 is 0 Å². The number of aliphatic hydroxyl groups excluding tert-OH is 2. The molecule has 0 saturated carbocycles. The van der Waals surface area contributed by atoms with Gasteiger partial charge in [0, 0.05) is 37.3 Å². The number of aliphatic hydroxyl groups is 2. The third kappa shape index (κ3) is 4.78. The Morgan fingerprint density at radius 1 is 0.722 bits per heavy atom. The molecule has 0 amide bonds. The van der Waals surface area contributed by atoms with E-state index in [1.807, 2.05) is 26.0 Å². The minimum atomic E-state index is -0.650. The van der Waals surface area contributed by atoms with Gasteiger partial charge in [-0.3, -0.25) is 9.80 Å². The molecule has 0 bridgehead atoms. The molecular formula is C28H34N2O6. The number of hydrogen-bond donors (Lipinski definition) is 2. The van der Waals surface area contributed by atoms with E-state index < -0.39 is 12.2 Å². The number of carbonyl (C=O) groups excluding carboxylic acids is 2. The van der Waals surface area contributed by atoms with Crippen molar-refractivity contribution >= 4 is 11.9 Å². The highest BCUT2D eigenvalue weighted by atomic mass is 16.5. The van der Waals surface area contributed by atoms with E-state index in [9.17, 15) is 19.8 Å². The van der Waals surface area contributed by atoms with E-state index >= 15 is 0 Å². The van der Waals surface area contributed by atoms with Crippen molar-refractivity contribution in [2.24, 2.45) is 0 Å². The summed E-state index contributed by atoms with van der Waals surface area (Å²) in [5.74, 6) is -0.589. The summed E-state index contributed by atoms with van der Waals surface area (Å²) in [5, 5.41) is 22.1. The Morgan fingerprint density at radius 2 is 1.14 bits per heavy atom. The van der Waals surface area contributed by atoms with Gasteiger partial charge in [-0.25, -0.2) is 9.59 Å². The monoisotopic (exact) mass is 494 g/mol. The minimum Gasteiger partial charge on any atom is -0.457 e. The molecule has 0 radical (unpaired) electrons. The van der Waals surface area contributed by atoms with Crippen molar-refractivity contribution in [2.45, 2.75) is 52.1 Å². The number of esters is 2. The molecule has 3 heterocycles. The highest BCUT2D eigenvalue weighted by molar-refractivity contribution is 5.94. The van der Waals surface area contributed by atoms with Crippen LogP contribution in [0.1, 0.15) is 79.1 Å². The summed E-state index contributed by atoms with van der Waals surface area (Å²) in [7, 11) is 0. The van der Waals surface area contributed by atoms with E-state index in [0.717, 1.165) is 72.4 Å². The highest BCUT2D eigenvalue weighted by Gasteiger charge is 2.28. The molecule has 2 N–H and O–H groups in total. The predicted molar refractivity (Wildman–Crippen MR) is 133 cm³/mol. The summed E-state index contributed by atoms with van der Waals surface area (Å²) in [5.41, 5.74) is 6.50. The van der Waals surface area contributed by atoms with Crippen LogP contribution in [0.2, 0.25) is 0 Å². The molecule has 2 unspecified atom stereocenters. The number of fused-ring (bicyclic) bond motifs is 2. The molecule has 1 saturated heterocycles. The van der Waals surface area contributed by atoms with Gasteiger partial charge in [0.25, 0.3) is 0 Å². The van der Waals surface area contributed by atoms with E-state index in [1.165, 1.54) is 0 Å². The smallest absolute Gasteiger partial charge is 0.338 e. The minimum absolute atomic E-state index is 0.272. The summed E-state index contributed by atoms with van der Waals surface area (Å²) in [4.78, 5) is 28.2. The van der Waals surface area contributed by atoms with E-state index in [1.54, 1.807) is 12.1 Å². The Kier molecular flexibility index (Phi) is 7.12. The van der Waals surface area contributed by atoms with Gasteiger partial charge in [0.1, 0.15) is 13.2 Å². The summed E-state index contributed by atoms with van der Waals surface area (Å²) in [6, 6.07) is 7.21. The lowest BCUT2D eigenvalue weighted by atomic mass is 9.95. The molecule has 2 aromatic carbocycles. The van der Waals surface area contributed by atoms with Crippen LogP contribution in [-0.4, -0.2) is 71.2 Å². The first-order chi connectivity index (χ1) is 17.3. The van der Waals surface area contributed by atoms with E-state index in [-0.39, 0.29) is 25.2 Å². The van der Waals surface area contributed by atoms with Crippen LogP contribution in [0.3, 0.4) is 0 Å². The molecule has 1 fully saturated rings. The van der Waals surface area contributed by atoms with Gasteiger partial charge in [-0.2, -0.15) is 0 Å². The number of rotatable bonds is 6. The van der Waals surface area contributed by atoms with Gasteiger partial charge in [-0.1, -0.05) is 12.1 Å². The molecule has 2 aromatic rings. The molecule has 0 spiro atoms. The largest absolute Gasteiger partial charge is 0.457 e. The fraction of sp³-hybridized carbons (Fsp3) is 0.500. The number of β-amino-alcohol motifs (C(OH)–C–C–N with tert-alkyl or cyclic N) is 2. The lowest BCUT2D eigenvalue weighted by molar-refractivity contribution is 0.0525. The molecule has 3 aliphatic heterocycles. The van der Waals surface area contributed by atoms with E-state index in [0.29, 0.717) is 24.2 Å². The van der Waals surface area contributed by atoms with Gasteiger partial charge < -0.3 is 19.7 Å². The van der Waals surface area contributed by atoms with Crippen molar-refractivity contribution in [3.63, 3.8) is 0 Å². The van der Waals surface area contributed by atoms with Crippen LogP contribution in [0.25, 0.3) is 0 Å². The quantitative estimate of drug-likeness (QED) is 0.592. The molecule has 5 rings (SSSR count). The zero-order valence-corrected chi connectivity index (χ0v) is 21.0. The zero-order chi connectivity index (χ0) is 25.4. The van der Waals surface area contributed by atoms with E-state index in [2.05, 4.69) is 9.80 Å². The summed E-state index contributed by atoms with van der Waals surface area (Å²) >= 11 is 0. The van der Waals surface area contributed by atoms with E-state index in [4.69, 9.17) is 9.47 Å². The van der Waals surface area contributed by atoms with Crippen LogP contribution < -0.4 is 0 Å². The second-order valence-corrected chi connectivity index (χ2v) is 10.1. The molecule has 0 aromatic heterocycles. The maximum atomic E-state index is 11.8. The number of cyclic esters (lactones) is 2. The van der Waals surface area contributed by atoms with Crippen molar-refractivity contribution in [1.29, 1.82) is 0 Å². The molecular weight excluding hydrogens is 460 g/mol. The van der Waals surface area contributed by atoms with Crippen LogP contribution in [-0.2, 0) is 22.7 Å². The third-order valence-electron chi connectivity index (χ3n) is 7.93. The summed E-state index contributed by atoms with van der Waals surface area (Å²) in [6.07, 6.45) is 0.733. The second kappa shape index (κ2) is 10.3. The number of ether oxygens (including phenoxy) is 2. The molecule has 3 aliphatic rings. The van der Waals surface area contributed by atoms with Gasteiger partial charge in [0.2, 0.25) is 0 Å². The van der Waals surface area contributed by atoms with Gasteiger partial charge in [0.15, 0.2) is 0 Å². The van der Waals surface area contributed by atoms with Crippen LogP contribution in [0, 0.1) is 13.8 Å². The zero-order valence-electron chi connectivity index (χ0n) is 21.0. The normalized spacial score (nSPS) is 20.2. The van der Waals surface area contributed by atoms with Crippen molar-refractivity contribution in [1.82, 2.24) is 9.80 Å². The van der Waals surface area contributed by atoms with Crippen molar-refractivity contribution in [3.05, 3.63) is 68.8 Å². The molecule has 192 valence electrons. The Morgan fingerprint density at radius 3 is 1.56 bits per heavy atom. The fourth-order valence-electron chi connectivity index (χ4n) is 5.69. The first-order valence-corrected chi connectivity index (χ1v) is 12.7. The first-order valence-electron chi connectivity index (χ1n) is 12.7. The standard InChI is InChI=1S/C28H34N2O6/c1-17-19(5-7-21-23(17)15-35-27(21)33)25(31)13-29-9-3-4-10-30(12-11-29)14-26(32)20-6-8-22-24(18(20)2)16-36-28(22)34/h5-8,25-26,31-32H,3-4,9-16H2,1-2H3. The maximum Gasteiger partial charge on any atom is 0.338 e. The lowest BCUT2D eigenvalue weighted by Gasteiger charge is -2.33. The highest BCUT2D eigenvalue weighted by Crippen LogP contribution is 2.31. The van der Waals surface area contributed by atoms with Gasteiger partial charge in [0.05, 0.1) is 23.3 Å². The van der Waals surface area contributed by atoms with Crippen LogP contribution in [0.15, 0.2) is 24.3 Å². The number of benzene rings is 2. The third-order valence-corrected chi connectivity index (χ3v) is 7.93. The van der Waals surface area contributed by atoms with Gasteiger partial charge in [-0.05, 0) is 74.2 Å². The number of hydrogen-bond acceptors (Lipinski definition) is 8. The number of carbonyl (C=O) groups is 2. The van der Waals surface area contributed by atoms with Crippen molar-refractivity contribution < 1.29 is 29.3 Å². The van der Waals surface area contributed by atoms with Gasteiger partial charge >= 0.3 is 11.9 Å². The van der Waals surface area contributed by atoms with Gasteiger partial charge in [-0.15, -0.1) is 0 Å². The SMILES string of the molecule is Cc1c(C(O)CN2CCCCN(CC(O)c3ccc4c(c3C)COC4=O)CC2)ccc2c1COC2=O. The van der Waals surface area contributed by atoms with Crippen molar-refractivity contribution in [3.8, 4) is 0 Å². The summed E-state index contributed by atoms with van der Waals surface area (Å²) < 4.78 is 10.3. The fourth-order valence-corrected chi connectivity index (χ4v) is 5.69. The van der Waals surface area contributed by atoms with Crippen LogP contribution in [0.4, 0.5) is 0 Å². The molecule has 36 heavy (non-hydrogen) atoms. The first kappa shape index (κ1) is 24.9. The lowest BCUT2D eigenvalue weighted by Crippen LogP contribution is -2.42.